The van der Waals surface area contributed by atoms with Gasteiger partial charge in [-0.15, -0.1) is 0 Å². The Balaban J connectivity index is 6.44. The Hall–Kier alpha value is -1.14. The summed E-state index contributed by atoms with van der Waals surface area (Å²) in [5.41, 5.74) is 0. The highest BCUT2D eigenvalue weighted by molar-refractivity contribution is 5.87. The summed E-state index contributed by atoms with van der Waals surface area (Å²) >= 11 is 0. The first-order valence-corrected chi connectivity index (χ1v) is 11.8. The lowest BCUT2D eigenvalue weighted by Crippen LogP contribution is -2.62. The van der Waals surface area contributed by atoms with Gasteiger partial charge in [-0.2, -0.15) is 0 Å². The first-order valence-electron chi connectivity index (χ1n) is 11.8. The fourth-order valence-electron chi connectivity index (χ4n) is 3.89. The summed E-state index contributed by atoms with van der Waals surface area (Å²) in [5, 5.41) is 0. The van der Waals surface area contributed by atoms with Crippen molar-refractivity contribution in [2.45, 2.75) is 81.3 Å². The molecule has 0 N–H and O–H groups in total. The van der Waals surface area contributed by atoms with Crippen LogP contribution < -0.4 is 0 Å². The van der Waals surface area contributed by atoms with E-state index in [0.717, 1.165) is 26.2 Å². The van der Waals surface area contributed by atoms with Crippen LogP contribution in [0.15, 0.2) is 0 Å². The number of nitrogens with zero attached hydrogens (tertiary/aromatic N) is 2. The van der Waals surface area contributed by atoms with Crippen molar-refractivity contribution in [1.82, 2.24) is 9.80 Å². The van der Waals surface area contributed by atoms with Gasteiger partial charge in [-0.05, 0) is 37.5 Å². The summed E-state index contributed by atoms with van der Waals surface area (Å²) in [6, 6.07) is -1.38. The monoisotopic (exact) mass is 428 g/mol. The number of esters is 2. The molecule has 0 spiro atoms. The van der Waals surface area contributed by atoms with Gasteiger partial charge in [-0.25, -0.2) is 0 Å². The molecule has 0 saturated heterocycles. The van der Waals surface area contributed by atoms with Gasteiger partial charge in [0.15, 0.2) is 0 Å². The molecule has 0 amide bonds. The van der Waals surface area contributed by atoms with Crippen LogP contribution in [-0.4, -0.2) is 73.2 Å². The van der Waals surface area contributed by atoms with Gasteiger partial charge in [0.2, 0.25) is 0 Å². The maximum Gasteiger partial charge on any atom is 0.325 e. The Labute approximate surface area is 185 Å². The van der Waals surface area contributed by atoms with E-state index in [1.807, 2.05) is 13.8 Å². The topological polar surface area (TPSA) is 59.1 Å². The van der Waals surface area contributed by atoms with Crippen LogP contribution >= 0.6 is 0 Å². The zero-order valence-corrected chi connectivity index (χ0v) is 21.2. The molecule has 0 rings (SSSR count). The molecule has 0 aromatic rings. The number of hydrogen-bond donors (Lipinski definition) is 0. The highest BCUT2D eigenvalue weighted by Gasteiger charge is 2.44. The third-order valence-electron chi connectivity index (χ3n) is 4.54. The lowest BCUT2D eigenvalue weighted by Gasteiger charge is -2.41. The zero-order valence-electron chi connectivity index (χ0n) is 21.2. The van der Waals surface area contributed by atoms with Crippen molar-refractivity contribution in [3.05, 3.63) is 0 Å². The molecule has 0 aromatic heterocycles. The number of hydrogen-bond acceptors (Lipinski definition) is 6. The van der Waals surface area contributed by atoms with Crippen molar-refractivity contribution in [3.63, 3.8) is 0 Å². The smallest absolute Gasteiger partial charge is 0.325 e. The van der Waals surface area contributed by atoms with E-state index in [4.69, 9.17) is 9.47 Å². The van der Waals surface area contributed by atoms with Crippen LogP contribution in [0.5, 0.6) is 0 Å². The van der Waals surface area contributed by atoms with Crippen LogP contribution in [0.1, 0.15) is 69.2 Å². The van der Waals surface area contributed by atoms with Crippen LogP contribution in [0.25, 0.3) is 0 Å². The van der Waals surface area contributed by atoms with Crippen molar-refractivity contribution >= 4 is 11.9 Å². The average molecular weight is 429 g/mol. The molecular weight excluding hydrogens is 380 g/mol. The Morgan fingerprint density at radius 2 is 0.800 bits per heavy atom. The highest BCUT2D eigenvalue weighted by Crippen LogP contribution is 2.21. The van der Waals surface area contributed by atoms with Crippen molar-refractivity contribution in [2.75, 3.05) is 39.4 Å². The van der Waals surface area contributed by atoms with Crippen LogP contribution in [0.4, 0.5) is 0 Å². The van der Waals surface area contributed by atoms with Gasteiger partial charge < -0.3 is 9.47 Å². The van der Waals surface area contributed by atoms with E-state index in [-0.39, 0.29) is 25.2 Å². The molecule has 0 aliphatic carbocycles. The highest BCUT2D eigenvalue weighted by atomic mass is 16.5. The summed E-state index contributed by atoms with van der Waals surface area (Å²) in [5.74, 6) is 0.738. The summed E-state index contributed by atoms with van der Waals surface area (Å²) in [6.07, 6.45) is 0. The van der Waals surface area contributed by atoms with Gasteiger partial charge in [0.1, 0.15) is 12.1 Å². The van der Waals surface area contributed by atoms with Crippen LogP contribution in [0.2, 0.25) is 0 Å². The van der Waals surface area contributed by atoms with E-state index in [1.165, 1.54) is 0 Å². The fourth-order valence-corrected chi connectivity index (χ4v) is 3.89. The Morgan fingerprint density at radius 1 is 0.567 bits per heavy atom. The number of carbonyl (C=O) groups excluding carboxylic acids is 2. The largest absolute Gasteiger partial charge is 0.465 e. The van der Waals surface area contributed by atoms with Gasteiger partial charge in [-0.3, -0.25) is 19.4 Å². The molecule has 0 fully saturated rings. The number of carbonyl (C=O) groups is 2. The van der Waals surface area contributed by atoms with Crippen molar-refractivity contribution < 1.29 is 19.1 Å². The summed E-state index contributed by atoms with van der Waals surface area (Å²) in [7, 11) is 0. The standard InChI is InChI=1S/C24H48N2O4/c1-11-29-23(27)21(25(13-17(3)4)14-18(5)6)22(24(28)30-12-2)26(15-19(7)8)16-20(9)10/h17-22H,11-16H2,1-10H3. The normalized spacial score (nSPS) is 14.3. The first kappa shape index (κ1) is 28.9. The molecule has 0 radical (unpaired) electrons. The van der Waals surface area contributed by atoms with E-state index in [9.17, 15) is 9.59 Å². The molecule has 0 saturated carbocycles. The Morgan fingerprint density at radius 3 is 0.967 bits per heavy atom. The van der Waals surface area contributed by atoms with Gasteiger partial charge >= 0.3 is 11.9 Å². The minimum atomic E-state index is -0.689. The summed E-state index contributed by atoms with van der Waals surface area (Å²) < 4.78 is 11.0. The summed E-state index contributed by atoms with van der Waals surface area (Å²) in [4.78, 5) is 30.8. The van der Waals surface area contributed by atoms with Crippen LogP contribution in [0.3, 0.4) is 0 Å². The second kappa shape index (κ2) is 14.8. The molecule has 0 aliphatic rings. The molecular formula is C24H48N2O4. The van der Waals surface area contributed by atoms with Crippen LogP contribution in [0, 0.1) is 23.7 Å². The van der Waals surface area contributed by atoms with Crippen molar-refractivity contribution in [1.29, 1.82) is 0 Å². The molecule has 2 atom stereocenters. The number of rotatable bonds is 15. The van der Waals surface area contributed by atoms with E-state index in [1.54, 1.807) is 0 Å². The second-order valence-corrected chi connectivity index (χ2v) is 9.88. The fraction of sp³-hybridized carbons (Fsp3) is 0.917. The molecule has 0 aromatic carbocycles. The minimum absolute atomic E-state index is 0.288. The molecule has 30 heavy (non-hydrogen) atoms. The maximum absolute atomic E-state index is 13.3. The second-order valence-electron chi connectivity index (χ2n) is 9.88. The molecule has 2 unspecified atom stereocenters. The van der Waals surface area contributed by atoms with E-state index in [0.29, 0.717) is 23.7 Å². The van der Waals surface area contributed by atoms with E-state index >= 15 is 0 Å². The lowest BCUT2D eigenvalue weighted by atomic mass is 9.98. The predicted molar refractivity (Wildman–Crippen MR) is 123 cm³/mol. The third-order valence-corrected chi connectivity index (χ3v) is 4.54. The molecule has 178 valence electrons. The van der Waals surface area contributed by atoms with Gasteiger partial charge in [-0.1, -0.05) is 55.4 Å². The molecule has 0 aliphatic heterocycles. The molecule has 0 heterocycles. The molecule has 0 bridgehead atoms. The zero-order chi connectivity index (χ0) is 23.4. The summed E-state index contributed by atoms with van der Waals surface area (Å²) in [6.45, 7) is 24.1. The van der Waals surface area contributed by atoms with E-state index < -0.39 is 12.1 Å². The average Bonchev–Trinajstić information content (AvgIpc) is 2.56. The van der Waals surface area contributed by atoms with E-state index in [2.05, 4.69) is 65.2 Å². The Bertz CT molecular complexity index is 428. The minimum Gasteiger partial charge on any atom is -0.465 e. The molecule has 6 heteroatoms. The van der Waals surface area contributed by atoms with Gasteiger partial charge in [0.05, 0.1) is 13.2 Å². The SMILES string of the molecule is CCOC(=O)C(C(C(=O)OCC)N(CC(C)C)CC(C)C)N(CC(C)C)CC(C)C. The lowest BCUT2D eigenvalue weighted by molar-refractivity contribution is -0.165. The van der Waals surface area contributed by atoms with Crippen molar-refractivity contribution in [3.8, 4) is 0 Å². The maximum atomic E-state index is 13.3. The predicted octanol–water partition coefficient (Wildman–Crippen LogP) is 4.08. The first-order chi connectivity index (χ1) is 13.9. The number of ether oxygens (including phenoxy) is 2. The van der Waals surface area contributed by atoms with Gasteiger partial charge in [0, 0.05) is 26.2 Å². The third kappa shape index (κ3) is 10.8. The molecule has 6 nitrogen and oxygen atoms in total. The Kier molecular flexibility index (Phi) is 14.2. The quantitative estimate of drug-likeness (QED) is 0.366. The van der Waals surface area contributed by atoms with Gasteiger partial charge in [0.25, 0.3) is 0 Å². The van der Waals surface area contributed by atoms with Crippen molar-refractivity contribution in [2.24, 2.45) is 23.7 Å². The van der Waals surface area contributed by atoms with Crippen LogP contribution in [-0.2, 0) is 19.1 Å².